The normalized spacial score (nSPS) is 55.6. The quantitative estimate of drug-likeness (QED) is 0.0714. The van der Waals surface area contributed by atoms with Gasteiger partial charge in [-0.25, -0.2) is 0 Å². The molecule has 4 saturated carbocycles. The van der Waals surface area contributed by atoms with Gasteiger partial charge < -0.3 is 114 Å². The summed E-state index contributed by atoms with van der Waals surface area (Å²) in [5.41, 5.74) is -0.0627. The Hall–Kier alpha value is -0.920. The molecule has 0 radical (unpaired) electrons. The van der Waals surface area contributed by atoms with Crippen LogP contribution in [0.4, 0.5) is 0 Å². The second-order valence-electron chi connectivity index (χ2n) is 23.8. The molecule has 14 N–H and O–H groups in total. The first-order valence-corrected chi connectivity index (χ1v) is 26.8. The first-order chi connectivity index (χ1) is 34.6. The van der Waals surface area contributed by atoms with Crippen LogP contribution in [-0.4, -0.2) is 239 Å². The van der Waals surface area contributed by atoms with Crippen molar-refractivity contribution in [3.63, 3.8) is 0 Å². The number of hydrogen-bond acceptors (Lipinski definition) is 23. The van der Waals surface area contributed by atoms with E-state index in [-0.39, 0.29) is 47.2 Å². The van der Waals surface area contributed by atoms with E-state index in [1.54, 1.807) is 0 Å². The van der Waals surface area contributed by atoms with Gasteiger partial charge in [-0.1, -0.05) is 27.7 Å². The average Bonchev–Trinajstić information content (AvgIpc) is 3.81. The maximum Gasteiger partial charge on any atom is 0.187 e. The Morgan fingerprint density at radius 2 is 1.19 bits per heavy atom. The molecular weight excluding hydrogens is 969 g/mol. The second-order valence-corrected chi connectivity index (χ2v) is 23.8. The second kappa shape index (κ2) is 22.3. The van der Waals surface area contributed by atoms with Crippen molar-refractivity contribution in [1.82, 2.24) is 0 Å². The number of hydrogen-bond donors (Lipinski definition) is 14. The van der Waals surface area contributed by atoms with Gasteiger partial charge >= 0.3 is 0 Å². The largest absolute Gasteiger partial charge is 0.394 e. The van der Waals surface area contributed by atoms with Crippen molar-refractivity contribution >= 4 is 0 Å². The molecule has 9 rings (SSSR count). The van der Waals surface area contributed by atoms with Crippen molar-refractivity contribution < 1.29 is 114 Å². The molecule has 73 heavy (non-hydrogen) atoms. The van der Waals surface area contributed by atoms with Crippen molar-refractivity contribution in [2.75, 3.05) is 33.0 Å². The Balaban J connectivity index is 0.831. The first kappa shape index (κ1) is 56.8. The van der Waals surface area contributed by atoms with Crippen LogP contribution < -0.4 is 0 Å². The molecule has 23 heteroatoms. The van der Waals surface area contributed by atoms with Gasteiger partial charge in [-0.15, -0.1) is 0 Å². The van der Waals surface area contributed by atoms with E-state index in [2.05, 4.69) is 20.8 Å². The van der Waals surface area contributed by atoms with Crippen molar-refractivity contribution in [3.8, 4) is 0 Å². The molecule has 0 spiro atoms. The highest BCUT2D eigenvalue weighted by atomic mass is 16.8. The highest BCUT2D eigenvalue weighted by Crippen LogP contribution is 2.71. The predicted octanol–water partition coefficient (Wildman–Crippen LogP) is -3.32. The average molecular weight is 1050 g/mol. The van der Waals surface area contributed by atoms with Crippen LogP contribution in [0.25, 0.3) is 0 Å². The molecule has 0 aromatic carbocycles. The lowest BCUT2D eigenvalue weighted by Crippen LogP contribution is -2.66. The molecule has 9 aliphatic rings. The summed E-state index contributed by atoms with van der Waals surface area (Å²) in [7, 11) is 0. The summed E-state index contributed by atoms with van der Waals surface area (Å²) in [4.78, 5) is 0. The molecule has 31 atom stereocenters. The third kappa shape index (κ3) is 10.3. The van der Waals surface area contributed by atoms with Crippen LogP contribution in [0.3, 0.4) is 0 Å². The van der Waals surface area contributed by atoms with Gasteiger partial charge in [0.05, 0.1) is 45.2 Å². The van der Waals surface area contributed by atoms with Crippen molar-refractivity contribution in [2.24, 2.45) is 52.3 Å². The smallest absolute Gasteiger partial charge is 0.187 e. The summed E-state index contributed by atoms with van der Waals surface area (Å²) < 4.78 is 54.1. The zero-order chi connectivity index (χ0) is 52.6. The third-order valence-corrected chi connectivity index (χ3v) is 19.7. The molecule has 4 aliphatic carbocycles. The summed E-state index contributed by atoms with van der Waals surface area (Å²) in [5, 5.41) is 148. The Morgan fingerprint density at radius 1 is 0.589 bits per heavy atom. The predicted molar refractivity (Wildman–Crippen MR) is 246 cm³/mol. The molecule has 5 aliphatic heterocycles. The lowest BCUT2D eigenvalue weighted by Gasteiger charge is -2.61. The molecule has 0 bridgehead atoms. The monoisotopic (exact) mass is 1050 g/mol. The first-order valence-electron chi connectivity index (χ1n) is 26.8. The van der Waals surface area contributed by atoms with Gasteiger partial charge in [0.15, 0.2) is 30.9 Å². The third-order valence-electron chi connectivity index (χ3n) is 19.7. The fourth-order valence-electron chi connectivity index (χ4n) is 15.4. The molecule has 0 amide bonds. The Bertz CT molecular complexity index is 1820. The molecule has 0 aromatic rings. The summed E-state index contributed by atoms with van der Waals surface area (Å²) in [6.07, 6.45) is -21.6. The highest BCUT2D eigenvalue weighted by Gasteiger charge is 2.68. The molecule has 9 fully saturated rings. The van der Waals surface area contributed by atoms with Crippen LogP contribution >= 0.6 is 0 Å². The van der Waals surface area contributed by atoms with E-state index in [9.17, 15) is 71.5 Å². The van der Waals surface area contributed by atoms with E-state index in [0.29, 0.717) is 43.4 Å². The molecular formula is C50H84O23. The number of aliphatic hydroxyl groups excluding tert-OH is 13. The lowest BCUT2D eigenvalue weighted by atomic mass is 9.44. The Kier molecular flexibility index (Phi) is 17.4. The maximum atomic E-state index is 12.1. The Labute approximate surface area is 425 Å². The summed E-state index contributed by atoms with van der Waals surface area (Å²) in [6, 6.07) is 0. The van der Waals surface area contributed by atoms with E-state index in [1.165, 1.54) is 0 Å². The number of aliphatic hydroxyl groups is 14. The van der Waals surface area contributed by atoms with Crippen LogP contribution in [0.15, 0.2) is 0 Å². The van der Waals surface area contributed by atoms with E-state index in [4.69, 9.17) is 42.6 Å². The number of fused-ring (bicyclic) bond motifs is 7. The van der Waals surface area contributed by atoms with Gasteiger partial charge in [0, 0.05) is 12.3 Å². The van der Waals surface area contributed by atoms with Crippen molar-refractivity contribution in [3.05, 3.63) is 0 Å². The maximum absolute atomic E-state index is 12.1. The minimum Gasteiger partial charge on any atom is -0.394 e. The van der Waals surface area contributed by atoms with Crippen LogP contribution in [0.2, 0.25) is 0 Å². The van der Waals surface area contributed by atoms with E-state index in [0.717, 1.165) is 38.5 Å². The molecule has 5 saturated heterocycles. The molecule has 0 unspecified atom stereocenters. The molecule has 0 aromatic heterocycles. The fraction of sp³-hybridized carbons (Fsp3) is 1.00. The van der Waals surface area contributed by atoms with Crippen molar-refractivity contribution in [2.45, 2.75) is 227 Å². The van der Waals surface area contributed by atoms with Gasteiger partial charge in [0.25, 0.3) is 0 Å². The lowest BCUT2D eigenvalue weighted by molar-refractivity contribution is -0.388. The number of ether oxygens (including phenoxy) is 9. The van der Waals surface area contributed by atoms with Gasteiger partial charge in [-0.3, -0.25) is 0 Å². The topological polar surface area (TPSA) is 366 Å². The van der Waals surface area contributed by atoms with Crippen LogP contribution in [-0.2, 0) is 42.6 Å². The fourth-order valence-corrected chi connectivity index (χ4v) is 15.4. The van der Waals surface area contributed by atoms with Gasteiger partial charge in [0.2, 0.25) is 0 Å². The van der Waals surface area contributed by atoms with E-state index >= 15 is 0 Å². The SMILES string of the molecule is C[C@@H](CC[C@@]1(O)O[C@H]2C[C@H]3[C@@H]4CC[C@@H]5C[C@@H](O[C@@H]6O[C@H](CO)[C@@H](O[C@@H]7OC[C@H](O)[C@H](O)[C@H]7O)[C@H](O)[C@H]6O[C@@H]6O[C@H](CO)[C@@H](O)[C@H](O)[C@H]6O)CC[C@]5(C)[C@H]4CC[C@]3(C)[C@H]2[C@@H]1C)CO[C@@H]1O[C@H](CO)[C@@H](O)[C@H](O)[C@H]1O. The van der Waals surface area contributed by atoms with Crippen LogP contribution in [0.1, 0.15) is 91.9 Å². The standard InChI is InChI=1S/C50H84O23/c1-20(18-65-44-39(61)36(58)34(56)29(15-51)68-44)7-12-50(64)21(2)32-28(73-50)14-26-24-6-5-22-13-23(8-10-48(22,3)25(24)9-11-49(26,32)4)67-47-43(72-46-40(62)37(59)35(57)30(16-52)69-46)41(63)42(31(17-53)70-47)71-45-38(60)33(55)27(54)19-66-45/h20-47,51-64H,5-19H2,1-4H3/t20-,21-,22+,23-,24+,25-,26-,27-,28-,29+,30+,31+,32-,33-,34+,35+,36-,37-,38+,39+,40+,41-,42+,43+,44+,45-,46-,47+,48-,49-,50+/m0/s1. The summed E-state index contributed by atoms with van der Waals surface area (Å²) >= 11 is 0. The van der Waals surface area contributed by atoms with Crippen LogP contribution in [0, 0.1) is 52.3 Å². The van der Waals surface area contributed by atoms with Gasteiger partial charge in [0.1, 0.15) is 91.6 Å². The highest BCUT2D eigenvalue weighted by molar-refractivity contribution is 5.15. The minimum atomic E-state index is -1.85. The zero-order valence-electron chi connectivity index (χ0n) is 42.2. The molecule has 5 heterocycles. The van der Waals surface area contributed by atoms with Crippen molar-refractivity contribution in [1.29, 1.82) is 0 Å². The minimum absolute atomic E-state index is 0.0203. The van der Waals surface area contributed by atoms with Crippen LogP contribution in [0.5, 0.6) is 0 Å². The Morgan fingerprint density at radius 3 is 1.86 bits per heavy atom. The zero-order valence-corrected chi connectivity index (χ0v) is 42.2. The van der Waals surface area contributed by atoms with E-state index < -0.39 is 155 Å². The summed E-state index contributed by atoms with van der Waals surface area (Å²) in [6.45, 7) is 6.62. The van der Waals surface area contributed by atoms with Gasteiger partial charge in [-0.05, 0) is 104 Å². The van der Waals surface area contributed by atoms with E-state index in [1.807, 2.05) is 6.92 Å². The summed E-state index contributed by atoms with van der Waals surface area (Å²) in [5.74, 6) is 0.188. The molecule has 422 valence electrons. The van der Waals surface area contributed by atoms with Gasteiger partial charge in [-0.2, -0.15) is 0 Å². The number of rotatable bonds is 15. The molecule has 23 nitrogen and oxygen atoms in total.